The molecule has 0 aliphatic heterocycles. The maximum absolute atomic E-state index is 11.7. The summed E-state index contributed by atoms with van der Waals surface area (Å²) in [6.07, 6.45) is 1.20. The number of methoxy groups -OCH3 is 1. The number of aromatic hydroxyl groups is 1. The van der Waals surface area contributed by atoms with Crippen LogP contribution in [-0.4, -0.2) is 36.2 Å². The van der Waals surface area contributed by atoms with Gasteiger partial charge in [0, 0.05) is 19.7 Å². The summed E-state index contributed by atoms with van der Waals surface area (Å²) in [5.41, 5.74) is -0.440. The minimum absolute atomic E-state index is 0.203. The van der Waals surface area contributed by atoms with E-state index in [0.29, 0.717) is 6.61 Å². The summed E-state index contributed by atoms with van der Waals surface area (Å²) in [5, 5.41) is 31.5. The van der Waals surface area contributed by atoms with Crippen molar-refractivity contribution in [3.8, 4) is 11.8 Å². The summed E-state index contributed by atoms with van der Waals surface area (Å²) in [6.45, 7) is 0.541. The summed E-state index contributed by atoms with van der Waals surface area (Å²) in [7, 11) is 1.47. The van der Waals surface area contributed by atoms with Gasteiger partial charge in [0.1, 0.15) is 11.6 Å². The fraction of sp³-hybridized carbons (Fsp3) is 0.231. The molecule has 0 unspecified atom stereocenters. The van der Waals surface area contributed by atoms with Gasteiger partial charge < -0.3 is 15.2 Å². The standard InChI is InChI=1S/C13H13N3O5/c1-21-5-4-15-13(18)10(8-14)6-9-2-3-12(17)11(7-9)16(19)20/h2-3,6-7,17H,4-5H2,1H3,(H,15,18)/b10-6+. The highest BCUT2D eigenvalue weighted by Gasteiger charge is 2.14. The van der Waals surface area contributed by atoms with Gasteiger partial charge in [0.2, 0.25) is 0 Å². The summed E-state index contributed by atoms with van der Waals surface area (Å²) < 4.78 is 4.76. The third-order valence-corrected chi connectivity index (χ3v) is 2.46. The molecular formula is C13H13N3O5. The SMILES string of the molecule is COCCNC(=O)/C(C#N)=C/c1ccc(O)c([N+](=O)[O-])c1. The second kappa shape index (κ2) is 7.62. The van der Waals surface area contributed by atoms with Gasteiger partial charge >= 0.3 is 5.69 Å². The quantitative estimate of drug-likeness (QED) is 0.264. The first-order chi connectivity index (χ1) is 9.99. The molecule has 1 aromatic rings. The second-order valence-electron chi connectivity index (χ2n) is 3.92. The average molecular weight is 291 g/mol. The molecule has 8 heteroatoms. The van der Waals surface area contributed by atoms with Crippen LogP contribution in [0, 0.1) is 21.4 Å². The van der Waals surface area contributed by atoms with Crippen LogP contribution in [0.5, 0.6) is 5.75 Å². The Morgan fingerprint density at radius 2 is 2.33 bits per heavy atom. The lowest BCUT2D eigenvalue weighted by Crippen LogP contribution is -2.27. The number of amides is 1. The molecule has 8 nitrogen and oxygen atoms in total. The number of carbonyl (C=O) groups is 1. The van der Waals surface area contributed by atoms with Gasteiger partial charge in [-0.3, -0.25) is 14.9 Å². The van der Waals surface area contributed by atoms with Crippen LogP contribution in [0.15, 0.2) is 23.8 Å². The summed E-state index contributed by atoms with van der Waals surface area (Å²) in [5.74, 6) is -1.09. The van der Waals surface area contributed by atoms with E-state index in [4.69, 9.17) is 10.00 Å². The minimum Gasteiger partial charge on any atom is -0.502 e. The van der Waals surface area contributed by atoms with Gasteiger partial charge in [-0.25, -0.2) is 0 Å². The Balaban J connectivity index is 2.98. The van der Waals surface area contributed by atoms with E-state index < -0.39 is 22.3 Å². The molecule has 110 valence electrons. The van der Waals surface area contributed by atoms with Crippen molar-refractivity contribution in [2.45, 2.75) is 0 Å². The number of nitro benzene ring substituents is 1. The van der Waals surface area contributed by atoms with E-state index in [1.165, 1.54) is 19.3 Å². The highest BCUT2D eigenvalue weighted by atomic mass is 16.6. The smallest absolute Gasteiger partial charge is 0.311 e. The molecule has 1 amide bonds. The molecule has 21 heavy (non-hydrogen) atoms. The van der Waals surface area contributed by atoms with Crippen LogP contribution in [0.25, 0.3) is 6.08 Å². The number of carbonyl (C=O) groups excluding carboxylic acids is 1. The third-order valence-electron chi connectivity index (χ3n) is 2.46. The van der Waals surface area contributed by atoms with Crippen molar-refractivity contribution in [1.29, 1.82) is 5.26 Å². The molecule has 1 rings (SSSR count). The largest absolute Gasteiger partial charge is 0.502 e. The average Bonchev–Trinajstić information content (AvgIpc) is 2.46. The monoisotopic (exact) mass is 291 g/mol. The van der Waals surface area contributed by atoms with Crippen molar-refractivity contribution in [3.63, 3.8) is 0 Å². The summed E-state index contributed by atoms with van der Waals surface area (Å²) in [4.78, 5) is 21.7. The molecule has 0 spiro atoms. The number of rotatable bonds is 6. The Morgan fingerprint density at radius 1 is 1.62 bits per heavy atom. The first-order valence-electron chi connectivity index (χ1n) is 5.86. The van der Waals surface area contributed by atoms with E-state index in [-0.39, 0.29) is 17.7 Å². The van der Waals surface area contributed by atoms with Gasteiger partial charge in [0.15, 0.2) is 5.75 Å². The third kappa shape index (κ3) is 4.59. The Labute approximate surface area is 120 Å². The number of nitrogens with zero attached hydrogens (tertiary/aromatic N) is 2. The molecule has 0 saturated carbocycles. The molecule has 0 aliphatic rings. The van der Waals surface area contributed by atoms with E-state index >= 15 is 0 Å². The number of benzene rings is 1. The van der Waals surface area contributed by atoms with E-state index in [1.807, 2.05) is 0 Å². The Kier molecular flexibility index (Phi) is 5.85. The van der Waals surface area contributed by atoms with Gasteiger partial charge in [0.05, 0.1) is 11.5 Å². The molecule has 0 aromatic heterocycles. The summed E-state index contributed by atoms with van der Waals surface area (Å²) in [6, 6.07) is 5.28. The van der Waals surface area contributed by atoms with Crippen molar-refractivity contribution >= 4 is 17.7 Å². The van der Waals surface area contributed by atoms with E-state index in [9.17, 15) is 20.0 Å². The van der Waals surface area contributed by atoms with Crippen LogP contribution in [0.1, 0.15) is 5.56 Å². The molecule has 1 aromatic carbocycles. The van der Waals surface area contributed by atoms with Gasteiger partial charge in [-0.05, 0) is 17.7 Å². The molecule has 0 saturated heterocycles. The Hall–Kier alpha value is -2.92. The highest BCUT2D eigenvalue weighted by Crippen LogP contribution is 2.27. The van der Waals surface area contributed by atoms with Crippen LogP contribution in [0.3, 0.4) is 0 Å². The topological polar surface area (TPSA) is 125 Å². The number of nitriles is 1. The minimum atomic E-state index is -0.753. The number of phenolic OH excluding ortho intramolecular Hbond substituents is 1. The molecule has 0 aliphatic carbocycles. The van der Waals surface area contributed by atoms with Crippen LogP contribution in [0.2, 0.25) is 0 Å². The Bertz CT molecular complexity index is 619. The van der Waals surface area contributed by atoms with Gasteiger partial charge in [-0.15, -0.1) is 0 Å². The molecule has 0 atom stereocenters. The Morgan fingerprint density at radius 3 is 2.90 bits per heavy atom. The van der Waals surface area contributed by atoms with Gasteiger partial charge in [0.25, 0.3) is 5.91 Å². The van der Waals surface area contributed by atoms with Gasteiger partial charge in [-0.1, -0.05) is 6.07 Å². The first-order valence-corrected chi connectivity index (χ1v) is 5.86. The van der Waals surface area contributed by atoms with Crippen molar-refractivity contribution in [2.75, 3.05) is 20.3 Å². The van der Waals surface area contributed by atoms with Crippen molar-refractivity contribution in [3.05, 3.63) is 39.4 Å². The number of ether oxygens (including phenoxy) is 1. The summed E-state index contributed by atoms with van der Waals surface area (Å²) >= 11 is 0. The number of hydrogen-bond acceptors (Lipinski definition) is 6. The van der Waals surface area contributed by atoms with Crippen LogP contribution >= 0.6 is 0 Å². The van der Waals surface area contributed by atoms with E-state index in [2.05, 4.69) is 5.32 Å². The molecular weight excluding hydrogens is 278 g/mol. The molecule has 0 heterocycles. The van der Waals surface area contributed by atoms with Crippen molar-refractivity contribution < 1.29 is 19.6 Å². The van der Waals surface area contributed by atoms with Crippen LogP contribution < -0.4 is 5.32 Å². The molecule has 0 fully saturated rings. The second-order valence-corrected chi connectivity index (χ2v) is 3.92. The fourth-order valence-corrected chi connectivity index (χ4v) is 1.45. The van der Waals surface area contributed by atoms with Crippen LogP contribution in [0.4, 0.5) is 5.69 Å². The van der Waals surface area contributed by atoms with Crippen LogP contribution in [-0.2, 0) is 9.53 Å². The predicted octanol–water partition coefficient (Wildman–Crippen LogP) is 0.970. The molecule has 0 bridgehead atoms. The van der Waals surface area contributed by atoms with Gasteiger partial charge in [-0.2, -0.15) is 5.26 Å². The zero-order valence-electron chi connectivity index (χ0n) is 11.2. The number of phenols is 1. The molecule has 0 radical (unpaired) electrons. The van der Waals surface area contributed by atoms with Crippen molar-refractivity contribution in [2.24, 2.45) is 0 Å². The lowest BCUT2D eigenvalue weighted by molar-refractivity contribution is -0.385. The van der Waals surface area contributed by atoms with E-state index in [0.717, 1.165) is 12.1 Å². The zero-order chi connectivity index (χ0) is 15.8. The number of hydrogen-bond donors (Lipinski definition) is 2. The normalized spacial score (nSPS) is 10.8. The number of nitrogens with one attached hydrogen (secondary N) is 1. The highest BCUT2D eigenvalue weighted by molar-refractivity contribution is 6.01. The molecule has 2 N–H and O–H groups in total. The maximum Gasteiger partial charge on any atom is 0.311 e. The first kappa shape index (κ1) is 16.1. The lowest BCUT2D eigenvalue weighted by Gasteiger charge is -2.03. The zero-order valence-corrected chi connectivity index (χ0v) is 11.2. The number of nitro groups is 1. The van der Waals surface area contributed by atoms with E-state index in [1.54, 1.807) is 6.07 Å². The fourth-order valence-electron chi connectivity index (χ4n) is 1.45. The lowest BCUT2D eigenvalue weighted by atomic mass is 10.1. The maximum atomic E-state index is 11.7. The predicted molar refractivity (Wildman–Crippen MR) is 73.2 cm³/mol. The van der Waals surface area contributed by atoms with Crippen molar-refractivity contribution in [1.82, 2.24) is 5.32 Å².